The molecule has 7 rings (SSSR count). The van der Waals surface area contributed by atoms with Crippen molar-refractivity contribution in [1.82, 2.24) is 0 Å². The highest BCUT2D eigenvalue weighted by Crippen LogP contribution is 2.46. The average Bonchev–Trinajstić information content (AvgIpc) is 3.24. The Morgan fingerprint density at radius 1 is 0.433 bits per heavy atom. The number of carbonyl (C=O) groups excluding carboxylic acids is 2. The second-order valence-electron chi connectivity index (χ2n) is 14.0. The highest BCUT2D eigenvalue weighted by atomic mass is 16.4. The summed E-state index contributed by atoms with van der Waals surface area (Å²) in [5, 5.41) is 45.4. The van der Waals surface area contributed by atoms with Crippen LogP contribution in [0, 0.1) is 0 Å². The third-order valence-corrected chi connectivity index (χ3v) is 10.4. The monoisotopic (exact) mass is 829 g/mol. The minimum atomic E-state index is -0.847. The van der Waals surface area contributed by atoms with Crippen molar-refractivity contribution in [3.8, 4) is 0 Å². The fourth-order valence-corrected chi connectivity index (χ4v) is 7.26. The van der Waals surface area contributed by atoms with Crippen molar-refractivity contribution in [1.29, 1.82) is 0 Å². The van der Waals surface area contributed by atoms with Gasteiger partial charge in [0.25, 0.3) is 0 Å². The molecule has 0 bridgehead atoms. The maximum atomic E-state index is 11.6. The number of ketones is 2. The van der Waals surface area contributed by atoms with E-state index in [0.717, 1.165) is 22.3 Å². The number of aliphatic hydroxyl groups excluding tert-OH is 3. The minimum absolute atomic E-state index is 0.112. The Hall–Kier alpha value is -4.96. The molecule has 9 heteroatoms. The molecule has 4 aromatic carbocycles. The molecular weight excluding hydrogens is 757 g/mol. The Morgan fingerprint density at radius 2 is 0.667 bits per heavy atom. The molecule has 0 radical (unpaired) electrons. The molecule has 3 saturated carbocycles. The standard InChI is InChI=1S/2C12H14O2.C11H12O3.C8H8O2.4C2H6/c2*1-9(13)12(7-11(14)8-12)10-5-3-2-4-6-10;12-9-6-11(7-9,10(13)14)8-4-2-1-3-5-8;9-8(10)6-7-4-2-1-3-5-7;4*1-2/h2*2-6,11,14H,7-8H2,1H3;1-5,9,12H,6-7H2,(H,13,14);1-5H,6H2,(H,9,10);4*1-2H3. The van der Waals surface area contributed by atoms with Crippen LogP contribution in [0.2, 0.25) is 0 Å². The van der Waals surface area contributed by atoms with Crippen LogP contribution in [0.4, 0.5) is 0 Å². The van der Waals surface area contributed by atoms with E-state index in [0.29, 0.717) is 38.5 Å². The number of aliphatic carboxylic acids is 2. The highest BCUT2D eigenvalue weighted by Gasteiger charge is 2.51. The molecule has 0 aliphatic heterocycles. The van der Waals surface area contributed by atoms with Crippen LogP contribution in [-0.2, 0) is 41.8 Å². The van der Waals surface area contributed by atoms with Gasteiger partial charge in [-0.1, -0.05) is 177 Å². The Kier molecular flexibility index (Phi) is 26.1. The Labute approximate surface area is 359 Å². The lowest BCUT2D eigenvalue weighted by Crippen LogP contribution is -2.50. The van der Waals surface area contributed by atoms with E-state index in [4.69, 9.17) is 10.2 Å². The number of benzene rings is 4. The molecule has 0 heterocycles. The van der Waals surface area contributed by atoms with E-state index < -0.39 is 34.3 Å². The largest absolute Gasteiger partial charge is 0.481 e. The number of carbonyl (C=O) groups is 4. The third-order valence-electron chi connectivity index (χ3n) is 10.4. The molecule has 0 amide bonds. The average molecular weight is 829 g/mol. The zero-order valence-corrected chi connectivity index (χ0v) is 37.6. The van der Waals surface area contributed by atoms with Crippen LogP contribution < -0.4 is 0 Å². The fourth-order valence-electron chi connectivity index (χ4n) is 7.26. The lowest BCUT2D eigenvalue weighted by atomic mass is 9.60. The molecule has 9 nitrogen and oxygen atoms in total. The normalized spacial score (nSPS) is 23.5. The summed E-state index contributed by atoms with van der Waals surface area (Å²) >= 11 is 0. The van der Waals surface area contributed by atoms with Crippen molar-refractivity contribution in [2.24, 2.45) is 0 Å². The van der Waals surface area contributed by atoms with Crippen LogP contribution in [0.3, 0.4) is 0 Å². The number of rotatable bonds is 8. The molecular formula is C51H72O9. The molecule has 0 saturated heterocycles. The maximum Gasteiger partial charge on any atom is 0.314 e. The molecule has 5 N–H and O–H groups in total. The van der Waals surface area contributed by atoms with Crippen LogP contribution in [-0.4, -0.2) is 67.3 Å². The predicted molar refractivity (Wildman–Crippen MR) is 242 cm³/mol. The third kappa shape index (κ3) is 15.3. The molecule has 0 aromatic heterocycles. The van der Waals surface area contributed by atoms with Gasteiger partial charge in [-0.25, -0.2) is 0 Å². The lowest BCUT2D eigenvalue weighted by Gasteiger charge is -2.43. The number of hydrogen-bond donors (Lipinski definition) is 5. The Bertz CT molecular complexity index is 1590. The molecule has 0 unspecified atom stereocenters. The summed E-state index contributed by atoms with van der Waals surface area (Å²) in [6, 6.07) is 37.7. The summed E-state index contributed by atoms with van der Waals surface area (Å²) in [5.74, 6) is -1.30. The zero-order valence-electron chi connectivity index (χ0n) is 37.6. The lowest BCUT2D eigenvalue weighted by molar-refractivity contribution is -0.153. The highest BCUT2D eigenvalue weighted by molar-refractivity contribution is 5.90. The van der Waals surface area contributed by atoms with Gasteiger partial charge in [0.2, 0.25) is 0 Å². The summed E-state index contributed by atoms with van der Waals surface area (Å²) in [6.45, 7) is 19.2. The summed E-state index contributed by atoms with van der Waals surface area (Å²) in [7, 11) is 0. The Morgan fingerprint density at radius 3 is 0.883 bits per heavy atom. The molecule has 3 fully saturated rings. The first-order valence-electron chi connectivity index (χ1n) is 21.5. The van der Waals surface area contributed by atoms with Gasteiger partial charge in [0, 0.05) is 0 Å². The SMILES string of the molecule is CC.CC.CC.CC.CC(=O)C1(c2ccccc2)CC(O)C1.CC(=O)C1(c2ccccc2)CC(O)C1.O=C(O)C1(c2ccccc2)CC(O)C1.O=C(O)Cc1ccccc1. The van der Waals surface area contributed by atoms with Crippen molar-refractivity contribution < 1.29 is 44.7 Å². The first kappa shape index (κ1) is 55.0. The summed E-state index contributed by atoms with van der Waals surface area (Å²) < 4.78 is 0. The van der Waals surface area contributed by atoms with E-state index in [-0.39, 0.29) is 30.2 Å². The predicted octanol–water partition coefficient (Wildman–Crippen LogP) is 9.92. The van der Waals surface area contributed by atoms with Crippen LogP contribution in [0.25, 0.3) is 0 Å². The van der Waals surface area contributed by atoms with Crippen molar-refractivity contribution in [2.75, 3.05) is 0 Å². The second kappa shape index (κ2) is 28.5. The summed E-state index contributed by atoms with van der Waals surface area (Å²) in [5.41, 5.74) is 2.06. The van der Waals surface area contributed by atoms with Crippen LogP contribution in [0.15, 0.2) is 121 Å². The van der Waals surface area contributed by atoms with E-state index in [1.807, 2.05) is 152 Å². The maximum absolute atomic E-state index is 11.6. The fraction of sp³-hybridized carbons (Fsp3) is 0.451. The van der Waals surface area contributed by atoms with E-state index >= 15 is 0 Å². The van der Waals surface area contributed by atoms with Crippen molar-refractivity contribution in [2.45, 2.75) is 149 Å². The molecule has 0 spiro atoms. The quantitative estimate of drug-likeness (QED) is 0.116. The van der Waals surface area contributed by atoms with Gasteiger partial charge in [-0.15, -0.1) is 0 Å². The van der Waals surface area contributed by atoms with Crippen LogP contribution >= 0.6 is 0 Å². The van der Waals surface area contributed by atoms with Crippen molar-refractivity contribution >= 4 is 23.5 Å². The van der Waals surface area contributed by atoms with Crippen LogP contribution in [0.5, 0.6) is 0 Å². The molecule has 60 heavy (non-hydrogen) atoms. The van der Waals surface area contributed by atoms with E-state index in [9.17, 15) is 34.5 Å². The van der Waals surface area contributed by atoms with Gasteiger partial charge in [0.05, 0.1) is 41.0 Å². The smallest absolute Gasteiger partial charge is 0.314 e. The van der Waals surface area contributed by atoms with Gasteiger partial charge in [0.1, 0.15) is 11.6 Å². The van der Waals surface area contributed by atoms with Gasteiger partial charge < -0.3 is 25.5 Å². The molecule has 330 valence electrons. The van der Waals surface area contributed by atoms with Gasteiger partial charge in [-0.05, 0) is 74.6 Å². The van der Waals surface area contributed by atoms with Gasteiger partial charge in [0.15, 0.2) is 0 Å². The number of hydrogen-bond acceptors (Lipinski definition) is 7. The number of Topliss-reactive ketones (excluding diaryl/α,β-unsaturated/α-hetero) is 2. The number of carboxylic acids is 2. The summed E-state index contributed by atoms with van der Waals surface area (Å²) in [6.07, 6.45) is 1.99. The van der Waals surface area contributed by atoms with E-state index in [2.05, 4.69) is 0 Å². The second-order valence-corrected chi connectivity index (χ2v) is 14.0. The minimum Gasteiger partial charge on any atom is -0.481 e. The van der Waals surface area contributed by atoms with Crippen LogP contribution in [0.1, 0.15) is 130 Å². The summed E-state index contributed by atoms with van der Waals surface area (Å²) in [4.78, 5) is 44.5. The van der Waals surface area contributed by atoms with Gasteiger partial charge >= 0.3 is 11.9 Å². The zero-order chi connectivity index (χ0) is 45.9. The molecule has 0 atom stereocenters. The van der Waals surface area contributed by atoms with Gasteiger partial charge in [-0.2, -0.15) is 0 Å². The molecule has 4 aromatic rings. The molecule has 3 aliphatic rings. The number of aliphatic hydroxyl groups is 3. The van der Waals surface area contributed by atoms with Crippen molar-refractivity contribution in [3.05, 3.63) is 144 Å². The van der Waals surface area contributed by atoms with E-state index in [1.165, 1.54) is 0 Å². The van der Waals surface area contributed by atoms with Gasteiger partial charge in [-0.3, -0.25) is 19.2 Å². The topological polar surface area (TPSA) is 169 Å². The first-order chi connectivity index (χ1) is 28.7. The van der Waals surface area contributed by atoms with E-state index in [1.54, 1.807) is 38.1 Å². The first-order valence-corrected chi connectivity index (χ1v) is 21.5. The molecule has 3 aliphatic carbocycles. The Balaban J connectivity index is 0.000000736. The van der Waals surface area contributed by atoms with Crippen molar-refractivity contribution in [3.63, 3.8) is 0 Å². The number of carboxylic acid groups (broad SMARTS) is 2.